The van der Waals surface area contributed by atoms with E-state index in [2.05, 4.69) is 24.1 Å². The van der Waals surface area contributed by atoms with Gasteiger partial charge in [-0.3, -0.25) is 4.98 Å². The molecule has 2 atom stereocenters. The molecular weight excluding hydrogens is 230 g/mol. The number of rotatable bonds is 7. The molecule has 0 saturated heterocycles. The predicted molar refractivity (Wildman–Crippen MR) is 77.4 cm³/mol. The van der Waals surface area contributed by atoms with Crippen molar-refractivity contribution >= 4 is 17.4 Å². The first-order valence-corrected chi connectivity index (χ1v) is 7.19. The van der Waals surface area contributed by atoms with Crippen LogP contribution in [0.25, 0.3) is 0 Å². The maximum atomic E-state index is 5.93. The Bertz CT molecular complexity index is 330. The van der Waals surface area contributed by atoms with Gasteiger partial charge in [0.05, 0.1) is 0 Å². The quantitative estimate of drug-likeness (QED) is 0.783. The van der Waals surface area contributed by atoms with Crippen LogP contribution in [-0.2, 0) is 6.42 Å². The van der Waals surface area contributed by atoms with Gasteiger partial charge in [-0.05, 0) is 31.5 Å². The van der Waals surface area contributed by atoms with Crippen LogP contribution < -0.4 is 11.1 Å². The van der Waals surface area contributed by atoms with E-state index in [0.29, 0.717) is 6.04 Å². The first-order chi connectivity index (χ1) is 8.17. The average molecular weight is 253 g/mol. The lowest BCUT2D eigenvalue weighted by Crippen LogP contribution is -2.31. The minimum absolute atomic E-state index is 0.459. The van der Waals surface area contributed by atoms with Gasteiger partial charge in [-0.1, -0.05) is 13.8 Å². The third kappa shape index (κ3) is 4.96. The Kier molecular flexibility index (Phi) is 6.37. The lowest BCUT2D eigenvalue weighted by atomic mass is 10.1. The molecular formula is C13H23N3S. The maximum Gasteiger partial charge on any atom is 0.0378 e. The summed E-state index contributed by atoms with van der Waals surface area (Å²) < 4.78 is 0. The highest BCUT2D eigenvalue weighted by Gasteiger charge is 2.11. The molecule has 0 aliphatic carbocycles. The molecule has 2 unspecified atom stereocenters. The van der Waals surface area contributed by atoms with E-state index < -0.39 is 0 Å². The second-order valence-electron chi connectivity index (χ2n) is 4.32. The molecule has 0 amide bonds. The Balaban J connectivity index is 2.49. The van der Waals surface area contributed by atoms with Gasteiger partial charge in [-0.15, -0.1) is 0 Å². The molecule has 1 rings (SSSR count). The van der Waals surface area contributed by atoms with E-state index in [-0.39, 0.29) is 0 Å². The number of pyridine rings is 1. The molecule has 96 valence electrons. The van der Waals surface area contributed by atoms with Crippen LogP contribution >= 0.6 is 11.8 Å². The molecule has 0 aromatic carbocycles. The summed E-state index contributed by atoms with van der Waals surface area (Å²) in [6, 6.07) is 2.32. The Morgan fingerprint density at radius 3 is 2.88 bits per heavy atom. The maximum absolute atomic E-state index is 5.93. The third-order valence-corrected chi connectivity index (χ3v) is 4.47. The summed E-state index contributed by atoms with van der Waals surface area (Å²) in [6.45, 7) is 4.50. The monoisotopic (exact) mass is 253 g/mol. The zero-order valence-corrected chi connectivity index (χ0v) is 11.8. The van der Waals surface area contributed by atoms with Gasteiger partial charge in [0.25, 0.3) is 0 Å². The third-order valence-electron chi connectivity index (χ3n) is 2.97. The number of thioether (sulfide) groups is 1. The average Bonchev–Trinajstić information content (AvgIpc) is 2.36. The molecule has 0 saturated carbocycles. The molecule has 4 heteroatoms. The van der Waals surface area contributed by atoms with Crippen LogP contribution in [0, 0.1) is 0 Å². The van der Waals surface area contributed by atoms with Crippen LogP contribution in [0.2, 0.25) is 0 Å². The van der Waals surface area contributed by atoms with E-state index in [1.54, 1.807) is 6.20 Å². The lowest BCUT2D eigenvalue weighted by Gasteiger charge is -2.18. The second-order valence-corrected chi connectivity index (χ2v) is 5.79. The first-order valence-electron chi connectivity index (χ1n) is 6.14. The van der Waals surface area contributed by atoms with E-state index in [9.17, 15) is 0 Å². The Morgan fingerprint density at radius 1 is 1.53 bits per heavy atom. The minimum atomic E-state index is 0.459. The number of hydrogen-bond donors (Lipinski definition) is 2. The number of likely N-dealkylation sites (N-methyl/N-ethyl adjacent to an activating group) is 1. The van der Waals surface area contributed by atoms with Gasteiger partial charge in [0.2, 0.25) is 0 Å². The zero-order valence-electron chi connectivity index (χ0n) is 10.9. The molecule has 1 aromatic rings. The fourth-order valence-corrected chi connectivity index (χ4v) is 2.60. The SMILES string of the molecule is CCC(C)SCC(Cc1cnccc1N)NC. The van der Waals surface area contributed by atoms with Crippen LogP contribution in [0.4, 0.5) is 5.69 Å². The Labute approximate surface area is 109 Å². The van der Waals surface area contributed by atoms with Crippen LogP contribution in [0.5, 0.6) is 0 Å². The molecule has 0 spiro atoms. The summed E-state index contributed by atoms with van der Waals surface area (Å²) >= 11 is 2.01. The van der Waals surface area contributed by atoms with E-state index in [1.165, 1.54) is 6.42 Å². The summed E-state index contributed by atoms with van der Waals surface area (Å²) in [5.41, 5.74) is 7.91. The fourth-order valence-electron chi connectivity index (χ4n) is 1.52. The van der Waals surface area contributed by atoms with Gasteiger partial charge in [-0.2, -0.15) is 11.8 Å². The minimum Gasteiger partial charge on any atom is -0.398 e. The highest BCUT2D eigenvalue weighted by molar-refractivity contribution is 7.99. The summed E-state index contributed by atoms with van der Waals surface area (Å²) in [6.07, 6.45) is 5.77. The zero-order chi connectivity index (χ0) is 12.7. The number of nitrogens with two attached hydrogens (primary N) is 1. The highest BCUT2D eigenvalue weighted by Crippen LogP contribution is 2.18. The van der Waals surface area contributed by atoms with E-state index >= 15 is 0 Å². The van der Waals surface area contributed by atoms with Crippen molar-refractivity contribution in [2.45, 2.75) is 38.0 Å². The second kappa shape index (κ2) is 7.56. The fraction of sp³-hybridized carbons (Fsp3) is 0.615. The Morgan fingerprint density at radius 2 is 2.29 bits per heavy atom. The van der Waals surface area contributed by atoms with Crippen LogP contribution in [0.1, 0.15) is 25.8 Å². The summed E-state index contributed by atoms with van der Waals surface area (Å²) in [7, 11) is 2.01. The molecule has 0 aliphatic heterocycles. The molecule has 0 fully saturated rings. The number of hydrogen-bond acceptors (Lipinski definition) is 4. The number of nitrogen functional groups attached to an aromatic ring is 1. The first kappa shape index (κ1) is 14.3. The number of aromatic nitrogens is 1. The summed E-state index contributed by atoms with van der Waals surface area (Å²) in [5, 5.41) is 4.07. The van der Waals surface area contributed by atoms with Gasteiger partial charge < -0.3 is 11.1 Å². The predicted octanol–water partition coefficient (Wildman–Crippen LogP) is 2.33. The topological polar surface area (TPSA) is 50.9 Å². The largest absolute Gasteiger partial charge is 0.398 e. The van der Waals surface area contributed by atoms with E-state index in [4.69, 9.17) is 5.73 Å². The smallest absolute Gasteiger partial charge is 0.0378 e. The summed E-state index contributed by atoms with van der Waals surface area (Å²) in [4.78, 5) is 4.13. The van der Waals surface area contributed by atoms with Gasteiger partial charge in [0, 0.05) is 35.1 Å². The van der Waals surface area contributed by atoms with Crippen molar-refractivity contribution in [3.63, 3.8) is 0 Å². The molecule has 0 bridgehead atoms. The molecule has 3 nitrogen and oxygen atoms in total. The molecule has 3 N–H and O–H groups in total. The molecule has 0 radical (unpaired) electrons. The van der Waals surface area contributed by atoms with Gasteiger partial charge in [-0.25, -0.2) is 0 Å². The van der Waals surface area contributed by atoms with Crippen molar-refractivity contribution in [1.82, 2.24) is 10.3 Å². The Hall–Kier alpha value is -0.740. The van der Waals surface area contributed by atoms with Crippen molar-refractivity contribution in [2.75, 3.05) is 18.5 Å². The molecule has 17 heavy (non-hydrogen) atoms. The lowest BCUT2D eigenvalue weighted by molar-refractivity contribution is 0.615. The highest BCUT2D eigenvalue weighted by atomic mass is 32.2. The van der Waals surface area contributed by atoms with E-state index in [1.807, 2.05) is 31.1 Å². The van der Waals surface area contributed by atoms with Crippen LogP contribution in [0.15, 0.2) is 18.5 Å². The van der Waals surface area contributed by atoms with Gasteiger partial charge in [0.15, 0.2) is 0 Å². The number of anilines is 1. The van der Waals surface area contributed by atoms with Gasteiger partial charge >= 0.3 is 0 Å². The van der Waals surface area contributed by atoms with E-state index in [0.717, 1.165) is 28.7 Å². The van der Waals surface area contributed by atoms with Crippen molar-refractivity contribution in [1.29, 1.82) is 0 Å². The van der Waals surface area contributed by atoms with Crippen molar-refractivity contribution in [3.05, 3.63) is 24.0 Å². The van der Waals surface area contributed by atoms with Gasteiger partial charge in [0.1, 0.15) is 0 Å². The number of nitrogens with one attached hydrogen (secondary N) is 1. The van der Waals surface area contributed by atoms with Crippen LogP contribution in [-0.4, -0.2) is 29.1 Å². The summed E-state index contributed by atoms with van der Waals surface area (Å²) in [5.74, 6) is 1.11. The van der Waals surface area contributed by atoms with Crippen molar-refractivity contribution in [3.8, 4) is 0 Å². The molecule has 1 aromatic heterocycles. The van der Waals surface area contributed by atoms with Crippen LogP contribution in [0.3, 0.4) is 0 Å². The van der Waals surface area contributed by atoms with Crippen molar-refractivity contribution in [2.24, 2.45) is 0 Å². The molecule has 0 aliphatic rings. The van der Waals surface area contributed by atoms with Crippen molar-refractivity contribution < 1.29 is 0 Å². The molecule has 1 heterocycles. The standard InChI is InChI=1S/C13H23N3S/c1-4-10(2)17-9-12(15-3)7-11-8-16-6-5-13(11)14/h5-6,8,10,12,15H,4,7,9H2,1-3H3,(H2,14,16). The number of nitrogens with zero attached hydrogens (tertiary/aromatic N) is 1. The normalized spacial score (nSPS) is 14.5.